The lowest BCUT2D eigenvalue weighted by atomic mass is 10.00. The molecule has 98 valence electrons. The molecule has 0 aliphatic carbocycles. The molecule has 0 aliphatic rings. The molecule has 0 unspecified atom stereocenters. The number of thioether (sulfide) groups is 1. The highest BCUT2D eigenvalue weighted by atomic mass is 32.2. The van der Waals surface area contributed by atoms with Crippen LogP contribution in [0, 0.1) is 5.82 Å². The van der Waals surface area contributed by atoms with Gasteiger partial charge in [0.15, 0.2) is 0 Å². The van der Waals surface area contributed by atoms with Crippen LogP contribution in [0.4, 0.5) is 4.39 Å². The van der Waals surface area contributed by atoms with Crippen molar-refractivity contribution < 1.29 is 14.3 Å². The summed E-state index contributed by atoms with van der Waals surface area (Å²) in [7, 11) is 0. The summed E-state index contributed by atoms with van der Waals surface area (Å²) in [5, 5.41) is 9.12. The van der Waals surface area contributed by atoms with Crippen molar-refractivity contribution in [3.8, 4) is 11.1 Å². The lowest BCUT2D eigenvalue weighted by molar-refractivity contribution is 0.0697. The number of hydrogen-bond donors (Lipinski definition) is 1. The van der Waals surface area contributed by atoms with Gasteiger partial charge in [-0.2, -0.15) is 0 Å². The third-order valence-corrected chi connectivity index (χ3v) is 3.58. The van der Waals surface area contributed by atoms with Crippen LogP contribution in [0.3, 0.4) is 0 Å². The summed E-state index contributed by atoms with van der Waals surface area (Å²) in [5.41, 5.74) is 1.29. The molecule has 4 heteroatoms. The summed E-state index contributed by atoms with van der Waals surface area (Å²) in [5.74, 6) is -0.683. The zero-order valence-electron chi connectivity index (χ0n) is 10.4. The van der Waals surface area contributed by atoms with E-state index in [0.717, 1.165) is 22.3 Å². The van der Waals surface area contributed by atoms with Gasteiger partial charge in [-0.25, -0.2) is 9.18 Å². The molecule has 0 saturated heterocycles. The van der Waals surface area contributed by atoms with Crippen LogP contribution in [-0.4, -0.2) is 16.8 Å². The lowest BCUT2D eigenvalue weighted by Gasteiger charge is -2.07. The zero-order chi connectivity index (χ0) is 13.8. The fourth-order valence-corrected chi connectivity index (χ4v) is 2.50. The molecule has 0 heterocycles. The SMILES string of the molecule is CCSc1ccc(-c2ccc(F)cc2C(=O)O)cc1. The Hall–Kier alpha value is -1.81. The summed E-state index contributed by atoms with van der Waals surface area (Å²) in [4.78, 5) is 12.3. The fourth-order valence-electron chi connectivity index (χ4n) is 1.84. The van der Waals surface area contributed by atoms with E-state index < -0.39 is 11.8 Å². The minimum atomic E-state index is -1.12. The molecule has 0 atom stereocenters. The molecule has 2 aromatic rings. The topological polar surface area (TPSA) is 37.3 Å². The summed E-state index contributed by atoms with van der Waals surface area (Å²) < 4.78 is 13.1. The summed E-state index contributed by atoms with van der Waals surface area (Å²) in [6.45, 7) is 2.07. The summed E-state index contributed by atoms with van der Waals surface area (Å²) in [6.07, 6.45) is 0. The van der Waals surface area contributed by atoms with Crippen LogP contribution in [0.15, 0.2) is 47.4 Å². The number of carboxylic acid groups (broad SMARTS) is 1. The van der Waals surface area contributed by atoms with Gasteiger partial charge in [0.05, 0.1) is 5.56 Å². The van der Waals surface area contributed by atoms with Crippen LogP contribution in [-0.2, 0) is 0 Å². The lowest BCUT2D eigenvalue weighted by Crippen LogP contribution is -2.00. The Morgan fingerprint density at radius 3 is 2.47 bits per heavy atom. The first-order valence-corrected chi connectivity index (χ1v) is 6.86. The van der Waals surface area contributed by atoms with Crippen LogP contribution < -0.4 is 0 Å². The molecule has 2 rings (SSSR count). The van der Waals surface area contributed by atoms with Gasteiger partial charge in [0.25, 0.3) is 0 Å². The van der Waals surface area contributed by atoms with Crippen molar-refractivity contribution >= 4 is 17.7 Å². The molecule has 0 fully saturated rings. The minimum absolute atomic E-state index is 0.0177. The van der Waals surface area contributed by atoms with Crippen molar-refractivity contribution in [3.05, 3.63) is 53.8 Å². The largest absolute Gasteiger partial charge is 0.478 e. The first-order valence-electron chi connectivity index (χ1n) is 5.88. The van der Waals surface area contributed by atoms with Gasteiger partial charge in [-0.05, 0) is 41.1 Å². The van der Waals surface area contributed by atoms with Crippen molar-refractivity contribution in [1.82, 2.24) is 0 Å². The third-order valence-electron chi connectivity index (χ3n) is 2.69. The summed E-state index contributed by atoms with van der Waals surface area (Å²) in [6, 6.07) is 11.4. The summed E-state index contributed by atoms with van der Waals surface area (Å²) >= 11 is 1.72. The van der Waals surface area contributed by atoms with E-state index >= 15 is 0 Å². The van der Waals surface area contributed by atoms with E-state index in [9.17, 15) is 9.18 Å². The Bertz CT molecular complexity index is 594. The number of aromatic carboxylic acids is 1. The van der Waals surface area contributed by atoms with Gasteiger partial charge in [-0.1, -0.05) is 25.1 Å². The second kappa shape index (κ2) is 5.89. The van der Waals surface area contributed by atoms with Crippen LogP contribution in [0.5, 0.6) is 0 Å². The van der Waals surface area contributed by atoms with Gasteiger partial charge in [0.1, 0.15) is 5.82 Å². The molecule has 0 saturated carbocycles. The van der Waals surface area contributed by atoms with Crippen molar-refractivity contribution in [2.24, 2.45) is 0 Å². The predicted octanol–water partition coefficient (Wildman–Crippen LogP) is 4.30. The van der Waals surface area contributed by atoms with E-state index in [1.54, 1.807) is 11.8 Å². The molecule has 2 aromatic carbocycles. The van der Waals surface area contributed by atoms with Crippen molar-refractivity contribution in [2.75, 3.05) is 5.75 Å². The number of halogens is 1. The molecular formula is C15H13FO2S. The maximum atomic E-state index is 13.1. The van der Waals surface area contributed by atoms with Gasteiger partial charge in [-0.3, -0.25) is 0 Å². The normalized spacial score (nSPS) is 10.4. The molecule has 0 aliphatic heterocycles. The number of rotatable bonds is 4. The molecule has 1 N–H and O–H groups in total. The number of carboxylic acids is 1. The molecule has 0 radical (unpaired) electrons. The van der Waals surface area contributed by atoms with E-state index in [4.69, 9.17) is 5.11 Å². The first-order chi connectivity index (χ1) is 9.11. The van der Waals surface area contributed by atoms with Crippen LogP contribution >= 0.6 is 11.8 Å². The van der Waals surface area contributed by atoms with Crippen molar-refractivity contribution in [2.45, 2.75) is 11.8 Å². The quantitative estimate of drug-likeness (QED) is 0.846. The second-order valence-electron chi connectivity index (χ2n) is 3.95. The Morgan fingerprint density at radius 1 is 1.21 bits per heavy atom. The molecule has 19 heavy (non-hydrogen) atoms. The van der Waals surface area contributed by atoms with Crippen LogP contribution in [0.25, 0.3) is 11.1 Å². The van der Waals surface area contributed by atoms with E-state index in [0.29, 0.717) is 5.56 Å². The number of benzene rings is 2. The van der Waals surface area contributed by atoms with Crippen LogP contribution in [0.1, 0.15) is 17.3 Å². The Morgan fingerprint density at radius 2 is 1.89 bits per heavy atom. The number of carbonyl (C=O) groups is 1. The van der Waals surface area contributed by atoms with E-state index in [1.807, 2.05) is 24.3 Å². The Labute approximate surface area is 115 Å². The highest BCUT2D eigenvalue weighted by Gasteiger charge is 2.12. The Kier molecular flexibility index (Phi) is 4.22. The number of hydrogen-bond acceptors (Lipinski definition) is 2. The molecular weight excluding hydrogens is 263 g/mol. The highest BCUT2D eigenvalue weighted by Crippen LogP contribution is 2.27. The maximum absolute atomic E-state index is 13.1. The van der Waals surface area contributed by atoms with Crippen molar-refractivity contribution in [3.63, 3.8) is 0 Å². The van der Waals surface area contributed by atoms with E-state index in [2.05, 4.69) is 6.92 Å². The molecule has 0 spiro atoms. The monoisotopic (exact) mass is 276 g/mol. The zero-order valence-corrected chi connectivity index (χ0v) is 11.2. The standard InChI is InChI=1S/C15H13FO2S/c1-2-19-12-6-3-10(4-7-12)13-8-5-11(16)9-14(13)15(17)18/h3-9H,2H2,1H3,(H,17,18). The van der Waals surface area contributed by atoms with Crippen LogP contribution in [0.2, 0.25) is 0 Å². The van der Waals surface area contributed by atoms with E-state index in [1.165, 1.54) is 12.1 Å². The van der Waals surface area contributed by atoms with Gasteiger partial charge < -0.3 is 5.11 Å². The first kappa shape index (κ1) is 13.6. The van der Waals surface area contributed by atoms with Gasteiger partial charge in [0, 0.05) is 4.90 Å². The molecule has 0 bridgehead atoms. The molecule has 0 aromatic heterocycles. The molecule has 2 nitrogen and oxygen atoms in total. The minimum Gasteiger partial charge on any atom is -0.478 e. The predicted molar refractivity (Wildman–Crippen MR) is 75.2 cm³/mol. The second-order valence-corrected chi connectivity index (χ2v) is 5.29. The van der Waals surface area contributed by atoms with E-state index in [-0.39, 0.29) is 5.56 Å². The van der Waals surface area contributed by atoms with Gasteiger partial charge in [0.2, 0.25) is 0 Å². The Balaban J connectivity index is 2.43. The van der Waals surface area contributed by atoms with Crippen molar-refractivity contribution in [1.29, 1.82) is 0 Å². The average Bonchev–Trinajstić information content (AvgIpc) is 2.40. The third kappa shape index (κ3) is 3.15. The van der Waals surface area contributed by atoms with Gasteiger partial charge >= 0.3 is 5.97 Å². The average molecular weight is 276 g/mol. The molecule has 0 amide bonds. The van der Waals surface area contributed by atoms with Gasteiger partial charge in [-0.15, -0.1) is 11.8 Å². The fraction of sp³-hybridized carbons (Fsp3) is 0.133. The smallest absolute Gasteiger partial charge is 0.336 e. The highest BCUT2D eigenvalue weighted by molar-refractivity contribution is 7.99. The maximum Gasteiger partial charge on any atom is 0.336 e.